The Hall–Kier alpha value is -2.67. The molecule has 2 aromatic rings. The summed E-state index contributed by atoms with van der Waals surface area (Å²) in [5.41, 5.74) is 1.33. The van der Waals surface area contributed by atoms with Gasteiger partial charge in [-0.1, -0.05) is 37.3 Å². The summed E-state index contributed by atoms with van der Waals surface area (Å²) in [6, 6.07) is 13.0. The monoisotopic (exact) mass is 408 g/mol. The van der Waals surface area contributed by atoms with Crippen molar-refractivity contribution < 1.29 is 4.79 Å². The van der Waals surface area contributed by atoms with Gasteiger partial charge in [-0.3, -0.25) is 9.69 Å². The zero-order valence-corrected chi connectivity index (χ0v) is 18.0. The first-order valence-electron chi connectivity index (χ1n) is 10.9. The lowest BCUT2D eigenvalue weighted by Crippen LogP contribution is -2.48. The molecule has 0 radical (unpaired) electrons. The molecule has 1 amide bonds. The summed E-state index contributed by atoms with van der Waals surface area (Å²) in [6.45, 7) is 7.26. The van der Waals surface area contributed by atoms with Gasteiger partial charge in [0.05, 0.1) is 12.6 Å². The van der Waals surface area contributed by atoms with Crippen LogP contribution in [0.1, 0.15) is 31.4 Å². The van der Waals surface area contributed by atoms with Gasteiger partial charge >= 0.3 is 0 Å². The molecule has 0 aliphatic carbocycles. The molecule has 2 aliphatic rings. The van der Waals surface area contributed by atoms with Gasteiger partial charge in [-0.05, 0) is 37.4 Å². The van der Waals surface area contributed by atoms with E-state index < -0.39 is 0 Å². The number of piperidine rings is 1. The van der Waals surface area contributed by atoms with Crippen LogP contribution in [0.2, 0.25) is 0 Å². The number of nitrogens with one attached hydrogen (secondary N) is 1. The highest BCUT2D eigenvalue weighted by Crippen LogP contribution is 2.27. The molecule has 30 heavy (non-hydrogen) atoms. The van der Waals surface area contributed by atoms with Gasteiger partial charge in [-0.15, -0.1) is 0 Å². The van der Waals surface area contributed by atoms with Crippen LogP contribution in [-0.4, -0.2) is 72.0 Å². The molecule has 0 spiro atoms. The van der Waals surface area contributed by atoms with Crippen molar-refractivity contribution in [3.8, 4) is 0 Å². The number of anilines is 2. The highest BCUT2D eigenvalue weighted by molar-refractivity contribution is 5.82. The fraction of sp³-hybridized carbons (Fsp3) is 0.522. The third-order valence-corrected chi connectivity index (χ3v) is 6.35. The first-order chi connectivity index (χ1) is 14.6. The van der Waals surface area contributed by atoms with E-state index >= 15 is 0 Å². The van der Waals surface area contributed by atoms with E-state index in [1.165, 1.54) is 18.4 Å². The van der Waals surface area contributed by atoms with Gasteiger partial charge in [-0.2, -0.15) is 0 Å². The predicted molar refractivity (Wildman–Crippen MR) is 120 cm³/mol. The van der Waals surface area contributed by atoms with Crippen LogP contribution in [0.25, 0.3) is 0 Å². The number of likely N-dealkylation sites (N-methyl/N-ethyl adjacent to an activating group) is 1. The van der Waals surface area contributed by atoms with Crippen LogP contribution in [0.15, 0.2) is 42.7 Å². The number of hydrogen-bond donors (Lipinski definition) is 1. The summed E-state index contributed by atoms with van der Waals surface area (Å²) in [6.07, 6.45) is 4.08. The summed E-state index contributed by atoms with van der Waals surface area (Å²) in [7, 11) is 1.84. The average molecular weight is 409 g/mol. The van der Waals surface area contributed by atoms with E-state index in [4.69, 9.17) is 0 Å². The van der Waals surface area contributed by atoms with E-state index in [-0.39, 0.29) is 5.91 Å². The lowest BCUT2D eigenvalue weighted by Gasteiger charge is -2.37. The van der Waals surface area contributed by atoms with Gasteiger partial charge in [0.25, 0.3) is 0 Å². The van der Waals surface area contributed by atoms with Gasteiger partial charge < -0.3 is 15.1 Å². The molecule has 2 saturated heterocycles. The van der Waals surface area contributed by atoms with E-state index in [9.17, 15) is 4.79 Å². The molecule has 2 aliphatic heterocycles. The third kappa shape index (κ3) is 4.90. The predicted octanol–water partition coefficient (Wildman–Crippen LogP) is 2.64. The van der Waals surface area contributed by atoms with E-state index in [0.717, 1.165) is 50.3 Å². The maximum atomic E-state index is 12.1. The average Bonchev–Trinajstić information content (AvgIpc) is 2.78. The third-order valence-electron chi connectivity index (χ3n) is 6.35. The number of carbonyl (C=O) groups excluding carboxylic acids is 1. The Balaban J connectivity index is 1.45. The Morgan fingerprint density at radius 2 is 1.87 bits per heavy atom. The van der Waals surface area contributed by atoms with Gasteiger partial charge in [0.15, 0.2) is 0 Å². The molecule has 160 valence electrons. The van der Waals surface area contributed by atoms with Crippen molar-refractivity contribution in [2.45, 2.75) is 25.8 Å². The second-order valence-corrected chi connectivity index (χ2v) is 8.52. The minimum atomic E-state index is 0.123. The molecule has 7 nitrogen and oxygen atoms in total. The van der Waals surface area contributed by atoms with Gasteiger partial charge in [0, 0.05) is 32.7 Å². The van der Waals surface area contributed by atoms with Crippen molar-refractivity contribution in [3.63, 3.8) is 0 Å². The number of aromatic nitrogens is 2. The van der Waals surface area contributed by atoms with Crippen LogP contribution in [0.4, 0.5) is 11.6 Å². The highest BCUT2D eigenvalue weighted by atomic mass is 16.2. The maximum absolute atomic E-state index is 12.1. The van der Waals surface area contributed by atoms with Crippen LogP contribution in [0, 0.1) is 5.92 Å². The molecule has 7 heteroatoms. The second-order valence-electron chi connectivity index (χ2n) is 8.52. The summed E-state index contributed by atoms with van der Waals surface area (Å²) < 4.78 is 0. The fourth-order valence-electron chi connectivity index (χ4n) is 4.25. The summed E-state index contributed by atoms with van der Waals surface area (Å²) in [5.74, 6) is 2.54. The van der Waals surface area contributed by atoms with E-state index in [2.05, 4.69) is 57.4 Å². The number of carbonyl (C=O) groups is 1. The molecule has 0 saturated carbocycles. The molecule has 4 rings (SSSR count). The minimum absolute atomic E-state index is 0.123. The Morgan fingerprint density at radius 1 is 1.10 bits per heavy atom. The maximum Gasteiger partial charge on any atom is 0.241 e. The van der Waals surface area contributed by atoms with Gasteiger partial charge in [0.2, 0.25) is 5.91 Å². The normalized spacial score (nSPS) is 19.7. The number of nitrogens with zero attached hydrogens (tertiary/aromatic N) is 5. The Labute approximate surface area is 179 Å². The van der Waals surface area contributed by atoms with Crippen molar-refractivity contribution in [1.82, 2.24) is 19.8 Å². The smallest absolute Gasteiger partial charge is 0.241 e. The number of likely N-dealkylation sites (tertiary alicyclic amines) is 1. The molecule has 1 aromatic heterocycles. The van der Waals surface area contributed by atoms with Crippen molar-refractivity contribution in [2.24, 2.45) is 5.92 Å². The number of amides is 1. The molecule has 1 atom stereocenters. The topological polar surface area (TPSA) is 64.6 Å². The standard InChI is InChI=1S/C23H32N6O/c1-18-8-10-28(11-9-18)20(19-6-4-3-5-7-19)15-24-21-14-22(26-17-25-21)29-13-12-27(2)23(30)16-29/h3-7,14,17-18,20H,8-13,15-16H2,1-2H3,(H,24,25,26)/t20-/m0/s1. The number of rotatable bonds is 6. The molecule has 0 bridgehead atoms. The first kappa shape index (κ1) is 20.6. The van der Waals surface area contributed by atoms with E-state index in [1.807, 2.05) is 18.0 Å². The molecule has 3 heterocycles. The van der Waals surface area contributed by atoms with Gasteiger partial charge in [0.1, 0.15) is 18.0 Å². The van der Waals surface area contributed by atoms with Crippen LogP contribution in [-0.2, 0) is 4.79 Å². The molecule has 1 aromatic carbocycles. The van der Waals surface area contributed by atoms with Crippen LogP contribution in [0.3, 0.4) is 0 Å². The Bertz CT molecular complexity index is 837. The van der Waals surface area contributed by atoms with Crippen molar-refractivity contribution in [2.75, 3.05) is 56.5 Å². The lowest BCUT2D eigenvalue weighted by molar-refractivity contribution is -0.129. The summed E-state index contributed by atoms with van der Waals surface area (Å²) >= 11 is 0. The lowest BCUT2D eigenvalue weighted by atomic mass is 9.95. The zero-order valence-electron chi connectivity index (χ0n) is 18.0. The van der Waals surface area contributed by atoms with Crippen molar-refractivity contribution in [1.29, 1.82) is 0 Å². The number of hydrogen-bond acceptors (Lipinski definition) is 6. The number of benzene rings is 1. The fourth-order valence-corrected chi connectivity index (χ4v) is 4.25. The van der Waals surface area contributed by atoms with Crippen LogP contribution >= 0.6 is 0 Å². The SMILES string of the molecule is CC1CCN([C@@H](CNc2cc(N3CCN(C)C(=O)C3)ncn2)c2ccccc2)CC1. The Kier molecular flexibility index (Phi) is 6.47. The zero-order chi connectivity index (χ0) is 20.9. The molecule has 1 N–H and O–H groups in total. The van der Waals surface area contributed by atoms with Crippen LogP contribution < -0.4 is 10.2 Å². The Morgan fingerprint density at radius 3 is 2.60 bits per heavy atom. The molecule has 0 unspecified atom stereocenters. The first-order valence-corrected chi connectivity index (χ1v) is 10.9. The molecule has 2 fully saturated rings. The molecular formula is C23H32N6O. The minimum Gasteiger partial charge on any atom is -0.368 e. The molecular weight excluding hydrogens is 376 g/mol. The summed E-state index contributed by atoms with van der Waals surface area (Å²) in [4.78, 5) is 27.3. The highest BCUT2D eigenvalue weighted by Gasteiger charge is 2.25. The van der Waals surface area contributed by atoms with Crippen molar-refractivity contribution >= 4 is 17.5 Å². The number of piperazine rings is 1. The van der Waals surface area contributed by atoms with E-state index in [0.29, 0.717) is 12.6 Å². The largest absolute Gasteiger partial charge is 0.368 e. The second kappa shape index (κ2) is 9.43. The summed E-state index contributed by atoms with van der Waals surface area (Å²) in [5, 5.41) is 3.54. The van der Waals surface area contributed by atoms with Crippen LogP contribution in [0.5, 0.6) is 0 Å². The van der Waals surface area contributed by atoms with Gasteiger partial charge in [-0.25, -0.2) is 9.97 Å². The van der Waals surface area contributed by atoms with E-state index in [1.54, 1.807) is 11.2 Å². The van der Waals surface area contributed by atoms with Crippen molar-refractivity contribution in [3.05, 3.63) is 48.3 Å². The quantitative estimate of drug-likeness (QED) is 0.793.